The molecule has 2 heterocycles. The largest absolute Gasteiger partial charge is 0.355 e. The lowest BCUT2D eigenvalue weighted by molar-refractivity contribution is 0.308. The molecule has 0 saturated heterocycles. The molecule has 0 saturated carbocycles. The van der Waals surface area contributed by atoms with Gasteiger partial charge in [-0.2, -0.15) is 0 Å². The number of halogens is 1. The van der Waals surface area contributed by atoms with Crippen LogP contribution in [0.5, 0.6) is 0 Å². The van der Waals surface area contributed by atoms with E-state index in [1.54, 1.807) is 0 Å². The lowest BCUT2D eigenvalue weighted by Crippen LogP contribution is -2.34. The predicted octanol–water partition coefficient (Wildman–Crippen LogP) is 4.16. The molecular weight excluding hydrogens is 268 g/mol. The van der Waals surface area contributed by atoms with E-state index in [9.17, 15) is 0 Å². The van der Waals surface area contributed by atoms with Crippen LogP contribution in [-0.2, 0) is 12.8 Å². The summed E-state index contributed by atoms with van der Waals surface area (Å²) in [6.45, 7) is 1.03. The second kappa shape index (κ2) is 4.64. The molecule has 1 atom stereocenters. The third kappa shape index (κ3) is 1.92. The summed E-state index contributed by atoms with van der Waals surface area (Å²) in [7, 11) is 0. The number of benzene rings is 2. The number of rotatable bonds is 0. The maximum atomic E-state index is 6.14. The topological polar surface area (TPSA) is 15.6 Å². The average Bonchev–Trinajstić information content (AvgIpc) is 2.66. The van der Waals surface area contributed by atoms with Crippen molar-refractivity contribution in [2.75, 3.05) is 6.54 Å². The highest BCUT2D eigenvalue weighted by Crippen LogP contribution is 2.36. The first-order valence-corrected chi connectivity index (χ1v) is 7.35. The monoisotopic (exact) mass is 282 g/mol. The summed E-state index contributed by atoms with van der Waals surface area (Å²) in [6, 6.07) is 15.1. The zero-order chi connectivity index (χ0) is 13.5. The smallest absolute Gasteiger partial charge is 0.0917 e. The average molecular weight is 283 g/mol. The fraction of sp³-hybridized carbons (Fsp3) is 0.235. The molecule has 0 amide bonds. The Morgan fingerprint density at radius 3 is 2.95 bits per heavy atom. The van der Waals surface area contributed by atoms with Gasteiger partial charge in [0.25, 0.3) is 0 Å². The van der Waals surface area contributed by atoms with Crippen LogP contribution in [-0.4, -0.2) is 17.8 Å². The molecular formula is C17H15ClN2. The first-order valence-electron chi connectivity index (χ1n) is 6.97. The molecule has 1 unspecified atom stereocenters. The van der Waals surface area contributed by atoms with Crippen LogP contribution in [0.25, 0.3) is 0 Å². The van der Waals surface area contributed by atoms with Crippen LogP contribution in [0.15, 0.2) is 47.5 Å². The number of aliphatic imine (C=N–C) groups is 1. The Kier molecular flexibility index (Phi) is 2.78. The van der Waals surface area contributed by atoms with E-state index in [-0.39, 0.29) is 0 Å². The summed E-state index contributed by atoms with van der Waals surface area (Å²) in [5.41, 5.74) is 5.17. The van der Waals surface area contributed by atoms with Crippen molar-refractivity contribution in [3.8, 4) is 0 Å². The molecule has 2 aromatic carbocycles. The fourth-order valence-electron chi connectivity index (χ4n) is 3.22. The minimum atomic E-state index is 0.378. The minimum Gasteiger partial charge on any atom is -0.355 e. The molecule has 0 aromatic heterocycles. The van der Waals surface area contributed by atoms with E-state index in [1.807, 2.05) is 18.5 Å². The van der Waals surface area contributed by atoms with Gasteiger partial charge in [0.15, 0.2) is 0 Å². The lowest BCUT2D eigenvalue weighted by atomic mass is 9.89. The third-order valence-electron chi connectivity index (χ3n) is 4.25. The van der Waals surface area contributed by atoms with Crippen LogP contribution in [0.1, 0.15) is 22.7 Å². The highest BCUT2D eigenvalue weighted by Gasteiger charge is 2.27. The molecule has 0 radical (unpaired) electrons. The van der Waals surface area contributed by atoms with Crippen LogP contribution in [0.3, 0.4) is 0 Å². The van der Waals surface area contributed by atoms with E-state index >= 15 is 0 Å². The van der Waals surface area contributed by atoms with Crippen LogP contribution >= 0.6 is 11.6 Å². The lowest BCUT2D eigenvalue weighted by Gasteiger charge is -2.35. The Bertz CT molecular complexity index is 693. The van der Waals surface area contributed by atoms with E-state index in [4.69, 9.17) is 11.6 Å². The first kappa shape index (κ1) is 12.0. The summed E-state index contributed by atoms with van der Waals surface area (Å²) in [6.07, 6.45) is 4.06. The van der Waals surface area contributed by atoms with Gasteiger partial charge in [-0.15, -0.1) is 0 Å². The predicted molar refractivity (Wildman–Crippen MR) is 82.9 cm³/mol. The second-order valence-corrected chi connectivity index (χ2v) is 5.86. The molecule has 3 heteroatoms. The standard InChI is InChI=1S/C17H15ClN2/c18-14-5-6-16-13(9-14)10-17-15-4-2-1-3-12(15)7-8-20(17)11-19-16/h1-6,9,11,17H,7-8,10H2. The van der Waals surface area contributed by atoms with Gasteiger partial charge in [0.2, 0.25) is 0 Å². The second-order valence-electron chi connectivity index (χ2n) is 5.42. The Balaban J connectivity index is 1.82. The summed E-state index contributed by atoms with van der Waals surface area (Å²) in [5, 5.41) is 0.788. The van der Waals surface area contributed by atoms with Crippen molar-refractivity contribution in [2.24, 2.45) is 4.99 Å². The van der Waals surface area contributed by atoms with Crippen molar-refractivity contribution in [1.29, 1.82) is 0 Å². The van der Waals surface area contributed by atoms with Crippen molar-refractivity contribution in [1.82, 2.24) is 4.90 Å². The van der Waals surface area contributed by atoms with E-state index in [0.717, 1.165) is 30.1 Å². The molecule has 0 N–H and O–H groups in total. The van der Waals surface area contributed by atoms with Gasteiger partial charge in [-0.3, -0.25) is 0 Å². The summed E-state index contributed by atoms with van der Waals surface area (Å²) in [5.74, 6) is 0. The Labute approximate surface area is 123 Å². The molecule has 100 valence electrons. The highest BCUT2D eigenvalue weighted by atomic mass is 35.5. The van der Waals surface area contributed by atoms with E-state index in [2.05, 4.69) is 40.2 Å². The van der Waals surface area contributed by atoms with Gasteiger partial charge in [-0.1, -0.05) is 35.9 Å². The van der Waals surface area contributed by atoms with E-state index in [0.29, 0.717) is 6.04 Å². The molecule has 2 aromatic rings. The number of fused-ring (bicyclic) bond motifs is 4. The molecule has 0 bridgehead atoms. The van der Waals surface area contributed by atoms with Crippen molar-refractivity contribution >= 4 is 23.6 Å². The van der Waals surface area contributed by atoms with E-state index < -0.39 is 0 Å². The normalized spacial score (nSPS) is 19.9. The van der Waals surface area contributed by atoms with Crippen LogP contribution in [0.2, 0.25) is 5.02 Å². The van der Waals surface area contributed by atoms with Gasteiger partial charge < -0.3 is 4.90 Å². The van der Waals surface area contributed by atoms with E-state index in [1.165, 1.54) is 16.7 Å². The van der Waals surface area contributed by atoms with Crippen LogP contribution < -0.4 is 0 Å². The molecule has 4 rings (SSSR count). The first-order chi connectivity index (χ1) is 9.81. The van der Waals surface area contributed by atoms with Crippen molar-refractivity contribution in [2.45, 2.75) is 18.9 Å². The Hall–Kier alpha value is -1.80. The maximum Gasteiger partial charge on any atom is 0.0917 e. The van der Waals surface area contributed by atoms with Crippen molar-refractivity contribution in [3.05, 3.63) is 64.2 Å². The SMILES string of the molecule is Clc1ccc2c(c1)CC1c3ccccc3CCN1C=N2. The number of hydrogen-bond donors (Lipinski definition) is 0. The van der Waals surface area contributed by atoms with Crippen molar-refractivity contribution in [3.63, 3.8) is 0 Å². The summed E-state index contributed by atoms with van der Waals surface area (Å²) >= 11 is 6.14. The van der Waals surface area contributed by atoms with Gasteiger partial charge in [0.05, 0.1) is 18.1 Å². The minimum absolute atomic E-state index is 0.378. The van der Waals surface area contributed by atoms with Gasteiger partial charge >= 0.3 is 0 Å². The van der Waals surface area contributed by atoms with Crippen LogP contribution in [0, 0.1) is 0 Å². The summed E-state index contributed by atoms with van der Waals surface area (Å²) < 4.78 is 0. The molecule has 0 fully saturated rings. The molecule has 20 heavy (non-hydrogen) atoms. The molecule has 2 aliphatic heterocycles. The van der Waals surface area contributed by atoms with Gasteiger partial charge in [0.1, 0.15) is 0 Å². The number of hydrogen-bond acceptors (Lipinski definition) is 2. The fourth-order valence-corrected chi connectivity index (χ4v) is 3.42. The van der Waals surface area contributed by atoms with Gasteiger partial charge in [-0.05, 0) is 47.7 Å². The van der Waals surface area contributed by atoms with Crippen molar-refractivity contribution < 1.29 is 0 Å². The van der Waals surface area contributed by atoms with Gasteiger partial charge in [0, 0.05) is 11.6 Å². The van der Waals surface area contributed by atoms with Crippen LogP contribution in [0.4, 0.5) is 5.69 Å². The quantitative estimate of drug-likeness (QED) is 0.708. The summed E-state index contributed by atoms with van der Waals surface area (Å²) in [4.78, 5) is 6.98. The zero-order valence-electron chi connectivity index (χ0n) is 11.1. The third-order valence-corrected chi connectivity index (χ3v) is 4.49. The Morgan fingerprint density at radius 1 is 1.10 bits per heavy atom. The Morgan fingerprint density at radius 2 is 2.00 bits per heavy atom. The molecule has 2 nitrogen and oxygen atoms in total. The molecule has 2 aliphatic rings. The molecule has 0 aliphatic carbocycles. The van der Waals surface area contributed by atoms with Gasteiger partial charge in [-0.25, -0.2) is 4.99 Å². The zero-order valence-corrected chi connectivity index (χ0v) is 11.8. The maximum absolute atomic E-state index is 6.14. The number of nitrogens with zero attached hydrogens (tertiary/aromatic N) is 2. The molecule has 0 spiro atoms. The highest BCUT2D eigenvalue weighted by molar-refractivity contribution is 6.30.